The molecule has 0 aromatic carbocycles. The molecular weight excluding hydrogens is 184 g/mol. The Kier molecular flexibility index (Phi) is 2.23. The summed E-state index contributed by atoms with van der Waals surface area (Å²) in [5.41, 5.74) is 2.08. The van der Waals surface area contributed by atoms with Gasteiger partial charge in [0.2, 0.25) is 0 Å². The molecular formula is C10H7ClN2. The summed E-state index contributed by atoms with van der Waals surface area (Å²) in [5, 5.41) is 0.648. The van der Waals surface area contributed by atoms with Gasteiger partial charge in [0.1, 0.15) is 0 Å². The third-order valence-corrected chi connectivity index (χ3v) is 1.93. The molecule has 2 heterocycles. The van der Waals surface area contributed by atoms with Crippen molar-refractivity contribution in [3.63, 3.8) is 0 Å². The highest BCUT2D eigenvalue weighted by Gasteiger charge is 1.96. The molecule has 0 aliphatic carbocycles. The van der Waals surface area contributed by atoms with Crippen molar-refractivity contribution < 1.29 is 0 Å². The standard InChI is InChI=1S/C10H7ClN2/c11-10-5-9(6-13-7-10)8-1-3-12-4-2-8/h1-7H. The SMILES string of the molecule is Clc1cncc(-c2ccncc2)c1. The average Bonchev–Trinajstić information content (AvgIpc) is 2.19. The van der Waals surface area contributed by atoms with Gasteiger partial charge in [-0.25, -0.2) is 0 Å². The first-order valence-electron chi connectivity index (χ1n) is 3.87. The van der Waals surface area contributed by atoms with Gasteiger partial charge in [-0.1, -0.05) is 11.6 Å². The molecule has 0 aliphatic heterocycles. The normalized spacial score (nSPS) is 9.92. The van der Waals surface area contributed by atoms with Crippen LogP contribution in [0.25, 0.3) is 11.1 Å². The Morgan fingerprint density at radius 2 is 1.69 bits per heavy atom. The molecule has 2 rings (SSSR count). The predicted octanol–water partition coefficient (Wildman–Crippen LogP) is 2.80. The first kappa shape index (κ1) is 8.20. The molecule has 0 atom stereocenters. The summed E-state index contributed by atoms with van der Waals surface area (Å²) in [6.45, 7) is 0. The maximum Gasteiger partial charge on any atom is 0.0595 e. The number of hydrogen-bond acceptors (Lipinski definition) is 2. The molecule has 0 radical (unpaired) electrons. The van der Waals surface area contributed by atoms with Crippen molar-refractivity contribution in [1.29, 1.82) is 0 Å². The molecule has 0 spiro atoms. The first-order valence-corrected chi connectivity index (χ1v) is 4.25. The Morgan fingerprint density at radius 1 is 0.923 bits per heavy atom. The van der Waals surface area contributed by atoms with Crippen LogP contribution in [-0.4, -0.2) is 9.97 Å². The number of aromatic nitrogens is 2. The van der Waals surface area contributed by atoms with Crippen molar-refractivity contribution in [3.05, 3.63) is 48.0 Å². The van der Waals surface area contributed by atoms with E-state index in [0.717, 1.165) is 11.1 Å². The lowest BCUT2D eigenvalue weighted by molar-refractivity contribution is 1.30. The summed E-state index contributed by atoms with van der Waals surface area (Å²) in [7, 11) is 0. The van der Waals surface area contributed by atoms with Crippen molar-refractivity contribution >= 4 is 11.6 Å². The molecule has 3 heteroatoms. The fraction of sp³-hybridized carbons (Fsp3) is 0. The number of rotatable bonds is 1. The van der Waals surface area contributed by atoms with Crippen molar-refractivity contribution in [1.82, 2.24) is 9.97 Å². The molecule has 0 saturated carbocycles. The number of hydrogen-bond donors (Lipinski definition) is 0. The first-order chi connectivity index (χ1) is 6.36. The quantitative estimate of drug-likeness (QED) is 0.691. The lowest BCUT2D eigenvalue weighted by atomic mass is 10.1. The van der Waals surface area contributed by atoms with Crippen LogP contribution in [0.3, 0.4) is 0 Å². The highest BCUT2D eigenvalue weighted by molar-refractivity contribution is 6.30. The van der Waals surface area contributed by atoms with E-state index < -0.39 is 0 Å². The van der Waals surface area contributed by atoms with Gasteiger partial charge in [-0.3, -0.25) is 9.97 Å². The zero-order valence-corrected chi connectivity index (χ0v) is 7.57. The topological polar surface area (TPSA) is 25.8 Å². The summed E-state index contributed by atoms with van der Waals surface area (Å²) < 4.78 is 0. The van der Waals surface area contributed by atoms with Gasteiger partial charge in [0, 0.05) is 30.4 Å². The van der Waals surface area contributed by atoms with Gasteiger partial charge in [-0.05, 0) is 23.8 Å². The molecule has 0 N–H and O–H groups in total. The summed E-state index contributed by atoms with van der Waals surface area (Å²) in [6, 6.07) is 5.73. The van der Waals surface area contributed by atoms with E-state index in [9.17, 15) is 0 Å². The van der Waals surface area contributed by atoms with Crippen molar-refractivity contribution in [2.24, 2.45) is 0 Å². The van der Waals surface area contributed by atoms with E-state index in [1.54, 1.807) is 24.8 Å². The van der Waals surface area contributed by atoms with Gasteiger partial charge in [0.05, 0.1) is 5.02 Å². The summed E-state index contributed by atoms with van der Waals surface area (Å²) in [6.07, 6.45) is 6.89. The number of pyridine rings is 2. The van der Waals surface area contributed by atoms with Crippen LogP contribution < -0.4 is 0 Å². The molecule has 2 aromatic heterocycles. The van der Waals surface area contributed by atoms with Crippen LogP contribution >= 0.6 is 11.6 Å². The summed E-state index contributed by atoms with van der Waals surface area (Å²) in [5.74, 6) is 0. The third-order valence-electron chi connectivity index (χ3n) is 1.72. The largest absolute Gasteiger partial charge is 0.265 e. The number of nitrogens with zero attached hydrogens (tertiary/aromatic N) is 2. The molecule has 13 heavy (non-hydrogen) atoms. The molecule has 2 aromatic rings. The average molecular weight is 191 g/mol. The Hall–Kier alpha value is -1.41. The van der Waals surface area contributed by atoms with E-state index in [4.69, 9.17) is 11.6 Å². The van der Waals surface area contributed by atoms with Crippen LogP contribution in [0, 0.1) is 0 Å². The van der Waals surface area contributed by atoms with Crippen molar-refractivity contribution in [2.45, 2.75) is 0 Å². The van der Waals surface area contributed by atoms with Gasteiger partial charge in [-0.15, -0.1) is 0 Å². The monoisotopic (exact) mass is 190 g/mol. The molecule has 0 bridgehead atoms. The molecule has 0 aliphatic rings. The molecule has 2 nitrogen and oxygen atoms in total. The van der Waals surface area contributed by atoms with E-state index in [1.165, 1.54) is 0 Å². The van der Waals surface area contributed by atoms with E-state index >= 15 is 0 Å². The highest BCUT2D eigenvalue weighted by atomic mass is 35.5. The Bertz CT molecular complexity index is 401. The lowest BCUT2D eigenvalue weighted by Crippen LogP contribution is -1.80. The fourth-order valence-corrected chi connectivity index (χ4v) is 1.29. The van der Waals surface area contributed by atoms with Crippen LogP contribution in [0.2, 0.25) is 5.02 Å². The molecule has 64 valence electrons. The van der Waals surface area contributed by atoms with E-state index in [-0.39, 0.29) is 0 Å². The third kappa shape index (κ3) is 1.84. The van der Waals surface area contributed by atoms with Crippen molar-refractivity contribution in [3.8, 4) is 11.1 Å². The van der Waals surface area contributed by atoms with Crippen LogP contribution in [0.5, 0.6) is 0 Å². The maximum absolute atomic E-state index is 5.82. The van der Waals surface area contributed by atoms with Gasteiger partial charge in [-0.2, -0.15) is 0 Å². The van der Waals surface area contributed by atoms with E-state index in [0.29, 0.717) is 5.02 Å². The Labute approximate surface area is 81.2 Å². The molecule has 0 fully saturated rings. The molecule has 0 saturated heterocycles. The fourth-order valence-electron chi connectivity index (χ4n) is 1.11. The number of halogens is 1. The van der Waals surface area contributed by atoms with Crippen LogP contribution in [0.4, 0.5) is 0 Å². The second-order valence-corrected chi connectivity index (χ2v) is 3.06. The van der Waals surface area contributed by atoms with Gasteiger partial charge in [0.25, 0.3) is 0 Å². The summed E-state index contributed by atoms with van der Waals surface area (Å²) >= 11 is 5.82. The minimum absolute atomic E-state index is 0.648. The van der Waals surface area contributed by atoms with Gasteiger partial charge >= 0.3 is 0 Å². The molecule has 0 amide bonds. The smallest absolute Gasteiger partial charge is 0.0595 e. The second-order valence-electron chi connectivity index (χ2n) is 2.63. The van der Waals surface area contributed by atoms with Gasteiger partial charge < -0.3 is 0 Å². The molecule has 0 unspecified atom stereocenters. The highest BCUT2D eigenvalue weighted by Crippen LogP contribution is 2.19. The maximum atomic E-state index is 5.82. The lowest BCUT2D eigenvalue weighted by Gasteiger charge is -1.99. The second kappa shape index (κ2) is 3.54. The van der Waals surface area contributed by atoms with Crippen LogP contribution in [0.1, 0.15) is 0 Å². The van der Waals surface area contributed by atoms with E-state index in [1.807, 2.05) is 18.2 Å². The van der Waals surface area contributed by atoms with Crippen molar-refractivity contribution in [2.75, 3.05) is 0 Å². The van der Waals surface area contributed by atoms with Crippen LogP contribution in [0.15, 0.2) is 43.0 Å². The van der Waals surface area contributed by atoms with E-state index in [2.05, 4.69) is 9.97 Å². The predicted molar refractivity (Wildman–Crippen MR) is 52.5 cm³/mol. The zero-order valence-electron chi connectivity index (χ0n) is 6.81. The minimum atomic E-state index is 0.648. The van der Waals surface area contributed by atoms with Gasteiger partial charge in [0.15, 0.2) is 0 Å². The summed E-state index contributed by atoms with van der Waals surface area (Å²) in [4.78, 5) is 7.95. The Balaban J connectivity index is 2.48. The Morgan fingerprint density at radius 3 is 2.38 bits per heavy atom. The van der Waals surface area contributed by atoms with Crippen LogP contribution in [-0.2, 0) is 0 Å². The zero-order chi connectivity index (χ0) is 9.10. The minimum Gasteiger partial charge on any atom is -0.265 e.